The molecule has 1 aromatic carbocycles. The minimum atomic E-state index is -0.237. The van der Waals surface area contributed by atoms with Crippen molar-refractivity contribution >= 4 is 11.8 Å². The Kier molecular flexibility index (Phi) is 7.44. The molecule has 5 heteroatoms. The number of methoxy groups -OCH3 is 1. The second-order valence-corrected chi connectivity index (χ2v) is 6.93. The molecule has 0 saturated carbocycles. The Balaban J connectivity index is 1.81. The second-order valence-electron chi connectivity index (χ2n) is 6.93. The molecule has 1 fully saturated rings. The number of rotatable bonds is 7. The zero-order chi connectivity index (χ0) is 18.2. The molecular weight excluding hydrogens is 316 g/mol. The summed E-state index contributed by atoms with van der Waals surface area (Å²) in [6.07, 6.45) is 3.10. The van der Waals surface area contributed by atoms with Crippen LogP contribution < -0.4 is 0 Å². The van der Waals surface area contributed by atoms with Crippen molar-refractivity contribution in [3.8, 4) is 0 Å². The molecule has 1 atom stereocenters. The van der Waals surface area contributed by atoms with Crippen LogP contribution in [0.1, 0.15) is 37.7 Å². The van der Waals surface area contributed by atoms with E-state index in [2.05, 4.69) is 0 Å². The molecule has 138 valence electrons. The van der Waals surface area contributed by atoms with Crippen molar-refractivity contribution in [3.63, 3.8) is 0 Å². The highest BCUT2D eigenvalue weighted by molar-refractivity contribution is 5.88. The summed E-state index contributed by atoms with van der Waals surface area (Å²) in [6, 6.07) is 9.69. The molecule has 0 N–H and O–H groups in total. The zero-order valence-corrected chi connectivity index (χ0v) is 15.6. The van der Waals surface area contributed by atoms with Gasteiger partial charge in [-0.05, 0) is 37.7 Å². The molecule has 1 aliphatic rings. The van der Waals surface area contributed by atoms with Gasteiger partial charge in [0.05, 0.1) is 12.5 Å². The average molecular weight is 346 g/mol. The lowest BCUT2D eigenvalue weighted by Gasteiger charge is -2.33. The first-order chi connectivity index (χ1) is 12.0. The van der Waals surface area contributed by atoms with Crippen LogP contribution in [0.5, 0.6) is 0 Å². The van der Waals surface area contributed by atoms with E-state index in [4.69, 9.17) is 4.74 Å². The molecule has 0 aliphatic carbocycles. The molecular formula is C20H30N2O3. The fourth-order valence-electron chi connectivity index (χ4n) is 3.35. The fraction of sp³-hybridized carbons (Fsp3) is 0.600. The quantitative estimate of drug-likeness (QED) is 0.762. The van der Waals surface area contributed by atoms with E-state index in [-0.39, 0.29) is 24.3 Å². The first kappa shape index (κ1) is 19.4. The number of likely N-dealkylation sites (tertiary alicyclic amines) is 1. The number of carbonyl (C=O) groups is 2. The number of piperidine rings is 1. The summed E-state index contributed by atoms with van der Waals surface area (Å²) >= 11 is 0. The molecule has 2 amide bonds. The molecule has 5 nitrogen and oxygen atoms in total. The Morgan fingerprint density at radius 2 is 1.88 bits per heavy atom. The third-order valence-corrected chi connectivity index (χ3v) is 5.12. The fourth-order valence-corrected chi connectivity index (χ4v) is 3.35. The van der Waals surface area contributed by atoms with Crippen LogP contribution in [0.2, 0.25) is 0 Å². The van der Waals surface area contributed by atoms with Crippen LogP contribution >= 0.6 is 0 Å². The highest BCUT2D eigenvalue weighted by Crippen LogP contribution is 2.21. The Morgan fingerprint density at radius 1 is 1.24 bits per heavy atom. The number of likely N-dealkylation sites (N-methyl/N-ethyl adjacent to an activating group) is 1. The summed E-state index contributed by atoms with van der Waals surface area (Å²) in [5, 5.41) is 0. The number of amides is 2. The van der Waals surface area contributed by atoms with Gasteiger partial charge in [-0.25, -0.2) is 0 Å². The van der Waals surface area contributed by atoms with E-state index in [0.717, 1.165) is 44.5 Å². The molecule has 25 heavy (non-hydrogen) atoms. The van der Waals surface area contributed by atoms with Gasteiger partial charge in [-0.1, -0.05) is 30.3 Å². The van der Waals surface area contributed by atoms with Gasteiger partial charge in [0.1, 0.15) is 0 Å². The molecule has 0 radical (unpaired) electrons. The van der Waals surface area contributed by atoms with Gasteiger partial charge in [-0.15, -0.1) is 0 Å². The van der Waals surface area contributed by atoms with Gasteiger partial charge in [0.2, 0.25) is 11.8 Å². The van der Waals surface area contributed by atoms with E-state index in [9.17, 15) is 9.59 Å². The number of carbonyl (C=O) groups excluding carboxylic acids is 2. The highest BCUT2D eigenvalue weighted by Gasteiger charge is 2.26. The monoisotopic (exact) mass is 346 g/mol. The largest absolute Gasteiger partial charge is 0.385 e. The SMILES string of the molecule is COCCC1CCN(C(=O)CN(C)C(=O)[C@H](C)c2ccccc2)CC1. The van der Waals surface area contributed by atoms with Crippen LogP contribution in [-0.4, -0.2) is 62.0 Å². The van der Waals surface area contributed by atoms with E-state index >= 15 is 0 Å². The maximum atomic E-state index is 12.6. The molecule has 0 unspecified atom stereocenters. The molecule has 0 spiro atoms. The van der Waals surface area contributed by atoms with E-state index in [0.29, 0.717) is 5.92 Å². The van der Waals surface area contributed by atoms with Gasteiger partial charge < -0.3 is 14.5 Å². The third kappa shape index (κ3) is 5.56. The smallest absolute Gasteiger partial charge is 0.242 e. The van der Waals surface area contributed by atoms with E-state index in [1.807, 2.05) is 42.2 Å². The summed E-state index contributed by atoms with van der Waals surface area (Å²) in [6.45, 7) is 4.39. The zero-order valence-electron chi connectivity index (χ0n) is 15.6. The summed E-state index contributed by atoms with van der Waals surface area (Å²) in [7, 11) is 3.44. The van der Waals surface area contributed by atoms with Gasteiger partial charge >= 0.3 is 0 Å². The van der Waals surface area contributed by atoms with Crippen LogP contribution in [0.25, 0.3) is 0 Å². The topological polar surface area (TPSA) is 49.9 Å². The van der Waals surface area contributed by atoms with Gasteiger partial charge in [0.25, 0.3) is 0 Å². The first-order valence-electron chi connectivity index (χ1n) is 9.09. The minimum absolute atomic E-state index is 0.0190. The lowest BCUT2D eigenvalue weighted by atomic mass is 9.94. The predicted molar refractivity (Wildman–Crippen MR) is 98.3 cm³/mol. The Labute approximate surface area is 150 Å². The molecule has 0 bridgehead atoms. The van der Waals surface area contributed by atoms with Gasteiger partial charge in [-0.3, -0.25) is 9.59 Å². The first-order valence-corrected chi connectivity index (χ1v) is 9.09. The van der Waals surface area contributed by atoms with Crippen LogP contribution in [-0.2, 0) is 14.3 Å². The Hall–Kier alpha value is -1.88. The summed E-state index contributed by atoms with van der Waals surface area (Å²) in [4.78, 5) is 28.5. The minimum Gasteiger partial charge on any atom is -0.385 e. The van der Waals surface area contributed by atoms with Crippen LogP contribution in [0, 0.1) is 5.92 Å². The van der Waals surface area contributed by atoms with Crippen molar-refractivity contribution in [1.29, 1.82) is 0 Å². The van der Waals surface area contributed by atoms with Crippen molar-refractivity contribution in [2.24, 2.45) is 5.92 Å². The second kappa shape index (κ2) is 9.56. The van der Waals surface area contributed by atoms with Crippen LogP contribution in [0.15, 0.2) is 30.3 Å². The van der Waals surface area contributed by atoms with Gasteiger partial charge in [-0.2, -0.15) is 0 Å². The number of benzene rings is 1. The summed E-state index contributed by atoms with van der Waals surface area (Å²) < 4.78 is 5.13. The van der Waals surface area contributed by atoms with Crippen molar-refractivity contribution in [2.75, 3.05) is 40.4 Å². The summed E-state index contributed by atoms with van der Waals surface area (Å²) in [5.41, 5.74) is 0.978. The maximum absolute atomic E-state index is 12.6. The lowest BCUT2D eigenvalue weighted by molar-refractivity contribution is -0.140. The van der Waals surface area contributed by atoms with Crippen molar-refractivity contribution < 1.29 is 14.3 Å². The van der Waals surface area contributed by atoms with Crippen LogP contribution in [0.4, 0.5) is 0 Å². The van der Waals surface area contributed by atoms with Crippen molar-refractivity contribution in [1.82, 2.24) is 9.80 Å². The molecule has 2 rings (SSSR count). The number of hydrogen-bond donors (Lipinski definition) is 0. The predicted octanol–water partition coefficient (Wildman–Crippen LogP) is 2.52. The molecule has 0 aromatic heterocycles. The highest BCUT2D eigenvalue weighted by atomic mass is 16.5. The van der Waals surface area contributed by atoms with Gasteiger partial charge in [0, 0.05) is 33.9 Å². The third-order valence-electron chi connectivity index (χ3n) is 5.12. The van der Waals surface area contributed by atoms with E-state index < -0.39 is 0 Å². The molecule has 1 aliphatic heterocycles. The van der Waals surface area contributed by atoms with Crippen molar-refractivity contribution in [3.05, 3.63) is 35.9 Å². The number of hydrogen-bond acceptors (Lipinski definition) is 3. The standard InChI is InChI=1S/C20H30N2O3/c1-16(18-7-5-4-6-8-18)20(24)21(2)15-19(23)22-12-9-17(10-13-22)11-14-25-3/h4-8,16-17H,9-15H2,1-3H3/t16-/m1/s1. The maximum Gasteiger partial charge on any atom is 0.242 e. The van der Waals surface area contributed by atoms with Crippen LogP contribution in [0.3, 0.4) is 0 Å². The molecule has 1 aromatic rings. The van der Waals surface area contributed by atoms with E-state index in [1.54, 1.807) is 19.1 Å². The summed E-state index contributed by atoms with van der Waals surface area (Å²) in [5.74, 6) is 0.427. The Bertz CT molecular complexity index is 553. The molecule has 1 saturated heterocycles. The lowest BCUT2D eigenvalue weighted by Crippen LogP contribution is -2.45. The van der Waals surface area contributed by atoms with Gasteiger partial charge in [0.15, 0.2) is 0 Å². The number of ether oxygens (including phenoxy) is 1. The van der Waals surface area contributed by atoms with E-state index in [1.165, 1.54) is 0 Å². The molecule has 1 heterocycles. The average Bonchev–Trinajstić information content (AvgIpc) is 2.66. The normalized spacial score (nSPS) is 16.5. The van der Waals surface area contributed by atoms with Crippen molar-refractivity contribution in [2.45, 2.75) is 32.1 Å². The number of nitrogens with zero attached hydrogens (tertiary/aromatic N) is 2. The Morgan fingerprint density at radius 3 is 2.48 bits per heavy atom.